The van der Waals surface area contributed by atoms with Gasteiger partial charge in [0.15, 0.2) is 0 Å². The van der Waals surface area contributed by atoms with Crippen LogP contribution in [0.4, 0.5) is 10.1 Å². The van der Waals surface area contributed by atoms with Crippen LogP contribution in [0.5, 0.6) is 0 Å². The van der Waals surface area contributed by atoms with Gasteiger partial charge < -0.3 is 0 Å². The molecule has 0 fully saturated rings. The lowest BCUT2D eigenvalue weighted by Crippen LogP contribution is -2.34. The van der Waals surface area contributed by atoms with Crippen LogP contribution in [-0.2, 0) is 10.0 Å². The minimum Gasteiger partial charge on any atom is -0.258 e. The Balaban J connectivity index is 3.24. The number of hydrogen-bond acceptors (Lipinski definition) is 4. The number of halogens is 1. The minimum absolute atomic E-state index is 0.247. The first kappa shape index (κ1) is 15.5. The molecule has 1 atom stereocenters. The smallest absolute Gasteiger partial charge is 0.258 e. The maximum absolute atomic E-state index is 13.5. The number of rotatable bonds is 5. The van der Waals surface area contributed by atoms with Crippen molar-refractivity contribution in [1.29, 1.82) is 0 Å². The summed E-state index contributed by atoms with van der Waals surface area (Å²) in [6, 6.07) is 2.32. The summed E-state index contributed by atoms with van der Waals surface area (Å²) in [4.78, 5) is 9.29. The molecule has 0 aliphatic carbocycles. The predicted octanol–water partition coefficient (Wildman–Crippen LogP) is 2.15. The maximum Gasteiger partial charge on any atom is 0.304 e. The molecule has 0 aliphatic rings. The normalized spacial score (nSPS) is 13.5. The predicted molar refractivity (Wildman–Crippen MR) is 67.8 cm³/mol. The van der Waals surface area contributed by atoms with E-state index in [0.717, 1.165) is 16.4 Å². The summed E-state index contributed by atoms with van der Waals surface area (Å²) < 4.78 is 38.9. The molecule has 0 amide bonds. The number of nitro benzene ring substituents is 1. The van der Waals surface area contributed by atoms with E-state index in [2.05, 4.69) is 0 Å². The van der Waals surface area contributed by atoms with Crippen molar-refractivity contribution < 1.29 is 17.7 Å². The van der Waals surface area contributed by atoms with E-state index in [1.807, 2.05) is 6.92 Å². The van der Waals surface area contributed by atoms with E-state index in [-0.39, 0.29) is 10.9 Å². The number of hydrogen-bond donors (Lipinski definition) is 0. The molecular formula is C11H15FN2O4S. The summed E-state index contributed by atoms with van der Waals surface area (Å²) in [6.45, 7) is 3.55. The Morgan fingerprint density at radius 1 is 1.47 bits per heavy atom. The van der Waals surface area contributed by atoms with Gasteiger partial charge in [0, 0.05) is 25.2 Å². The second-order valence-corrected chi connectivity index (χ2v) is 6.15. The number of nitro groups is 1. The Bertz CT molecular complexity index is 588. The molecule has 0 saturated heterocycles. The van der Waals surface area contributed by atoms with E-state index in [1.54, 1.807) is 6.92 Å². The fourth-order valence-corrected chi connectivity index (χ4v) is 2.90. The molecule has 1 rings (SSSR count). The van der Waals surface area contributed by atoms with Gasteiger partial charge in [-0.15, -0.1) is 0 Å². The molecule has 8 heteroatoms. The fourth-order valence-electron chi connectivity index (χ4n) is 1.46. The van der Waals surface area contributed by atoms with Crippen molar-refractivity contribution in [3.63, 3.8) is 0 Å². The molecule has 0 radical (unpaired) electrons. The summed E-state index contributed by atoms with van der Waals surface area (Å²) >= 11 is 0. The van der Waals surface area contributed by atoms with Crippen LogP contribution in [0.1, 0.15) is 20.3 Å². The first-order chi connectivity index (χ1) is 8.71. The maximum atomic E-state index is 13.5. The van der Waals surface area contributed by atoms with Gasteiger partial charge in [0.1, 0.15) is 0 Å². The van der Waals surface area contributed by atoms with Crippen molar-refractivity contribution in [2.75, 3.05) is 7.05 Å². The second kappa shape index (κ2) is 5.62. The molecule has 1 unspecified atom stereocenters. The summed E-state index contributed by atoms with van der Waals surface area (Å²) in [7, 11) is -2.45. The highest BCUT2D eigenvalue weighted by Gasteiger charge is 2.26. The van der Waals surface area contributed by atoms with Gasteiger partial charge in [-0.25, -0.2) is 8.42 Å². The highest BCUT2D eigenvalue weighted by molar-refractivity contribution is 7.89. The van der Waals surface area contributed by atoms with Crippen LogP contribution in [-0.4, -0.2) is 30.7 Å². The van der Waals surface area contributed by atoms with Gasteiger partial charge in [-0.05, 0) is 19.4 Å². The molecule has 0 spiro atoms. The first-order valence-electron chi connectivity index (χ1n) is 5.63. The lowest BCUT2D eigenvalue weighted by Gasteiger charge is -2.23. The zero-order valence-corrected chi connectivity index (χ0v) is 11.6. The van der Waals surface area contributed by atoms with Crippen molar-refractivity contribution in [2.24, 2.45) is 0 Å². The van der Waals surface area contributed by atoms with Crippen molar-refractivity contribution in [1.82, 2.24) is 4.31 Å². The van der Waals surface area contributed by atoms with Gasteiger partial charge in [-0.1, -0.05) is 6.92 Å². The number of benzene rings is 1. The SMILES string of the molecule is CCC(C)N(C)S(=O)(=O)c1ccc([N+](=O)[O-])c(F)c1. The zero-order chi connectivity index (χ0) is 14.8. The Kier molecular flexibility index (Phi) is 4.59. The largest absolute Gasteiger partial charge is 0.304 e. The Morgan fingerprint density at radius 3 is 2.47 bits per heavy atom. The van der Waals surface area contributed by atoms with Crippen LogP contribution in [0.25, 0.3) is 0 Å². The van der Waals surface area contributed by atoms with Crippen LogP contribution in [0.3, 0.4) is 0 Å². The van der Waals surface area contributed by atoms with Gasteiger partial charge in [0.25, 0.3) is 0 Å². The quantitative estimate of drug-likeness (QED) is 0.614. The highest BCUT2D eigenvalue weighted by atomic mass is 32.2. The lowest BCUT2D eigenvalue weighted by atomic mass is 10.3. The van der Waals surface area contributed by atoms with Crippen molar-refractivity contribution in [3.05, 3.63) is 34.1 Å². The van der Waals surface area contributed by atoms with Crippen molar-refractivity contribution >= 4 is 15.7 Å². The van der Waals surface area contributed by atoms with Crippen LogP contribution in [0.2, 0.25) is 0 Å². The lowest BCUT2D eigenvalue weighted by molar-refractivity contribution is -0.387. The molecule has 106 valence electrons. The first-order valence-corrected chi connectivity index (χ1v) is 7.07. The fraction of sp³-hybridized carbons (Fsp3) is 0.455. The summed E-state index contributed by atoms with van der Waals surface area (Å²) in [5, 5.41) is 10.5. The van der Waals surface area contributed by atoms with E-state index in [9.17, 15) is 22.9 Å². The highest BCUT2D eigenvalue weighted by Crippen LogP contribution is 2.23. The van der Waals surface area contributed by atoms with Crippen LogP contribution in [0.15, 0.2) is 23.1 Å². The average Bonchev–Trinajstić information content (AvgIpc) is 2.36. The van der Waals surface area contributed by atoms with Gasteiger partial charge in [0.05, 0.1) is 9.82 Å². The van der Waals surface area contributed by atoms with Crippen LogP contribution < -0.4 is 0 Å². The van der Waals surface area contributed by atoms with E-state index in [1.165, 1.54) is 7.05 Å². The second-order valence-electron chi connectivity index (χ2n) is 4.15. The van der Waals surface area contributed by atoms with E-state index in [0.29, 0.717) is 12.5 Å². The molecule has 19 heavy (non-hydrogen) atoms. The summed E-state index contributed by atoms with van der Waals surface area (Å²) in [6.07, 6.45) is 0.602. The Hall–Kier alpha value is -1.54. The van der Waals surface area contributed by atoms with Gasteiger partial charge in [0.2, 0.25) is 15.8 Å². The monoisotopic (exact) mass is 290 g/mol. The van der Waals surface area contributed by atoms with E-state index in [4.69, 9.17) is 0 Å². The molecule has 0 bridgehead atoms. The van der Waals surface area contributed by atoms with Gasteiger partial charge >= 0.3 is 5.69 Å². The van der Waals surface area contributed by atoms with Crippen LogP contribution in [0, 0.1) is 15.9 Å². The molecular weight excluding hydrogens is 275 g/mol. The van der Waals surface area contributed by atoms with Crippen molar-refractivity contribution in [2.45, 2.75) is 31.2 Å². The topological polar surface area (TPSA) is 80.5 Å². The van der Waals surface area contributed by atoms with E-state index >= 15 is 0 Å². The molecule has 6 nitrogen and oxygen atoms in total. The Morgan fingerprint density at radius 2 is 2.05 bits per heavy atom. The zero-order valence-electron chi connectivity index (χ0n) is 10.8. The molecule has 0 heterocycles. The Labute approximate surface area is 111 Å². The molecule has 0 N–H and O–H groups in total. The molecule has 1 aromatic carbocycles. The average molecular weight is 290 g/mol. The van der Waals surface area contributed by atoms with Gasteiger partial charge in [-0.2, -0.15) is 8.70 Å². The van der Waals surface area contributed by atoms with E-state index < -0.39 is 26.5 Å². The molecule has 0 aliphatic heterocycles. The van der Waals surface area contributed by atoms with Crippen molar-refractivity contribution in [3.8, 4) is 0 Å². The molecule has 0 aromatic heterocycles. The molecule has 0 saturated carbocycles. The summed E-state index contributed by atoms with van der Waals surface area (Å²) in [5.41, 5.74) is -0.745. The molecule has 1 aromatic rings. The number of sulfonamides is 1. The standard InChI is InChI=1S/C11H15FN2O4S/c1-4-8(2)13(3)19(17,18)9-5-6-11(14(15)16)10(12)7-9/h5-8H,4H2,1-3H3. The third kappa shape index (κ3) is 3.07. The third-order valence-electron chi connectivity index (χ3n) is 3.00. The van der Waals surface area contributed by atoms with Crippen LogP contribution >= 0.6 is 0 Å². The third-order valence-corrected chi connectivity index (χ3v) is 4.97. The number of nitrogens with zero attached hydrogens (tertiary/aromatic N) is 2. The minimum atomic E-state index is -3.84. The van der Waals surface area contributed by atoms with Gasteiger partial charge in [-0.3, -0.25) is 10.1 Å². The summed E-state index contributed by atoms with van der Waals surface area (Å²) in [5.74, 6) is -1.16.